The van der Waals surface area contributed by atoms with E-state index in [1.54, 1.807) is 18.2 Å². The number of ether oxygens (including phenoxy) is 2. The van der Waals surface area contributed by atoms with Gasteiger partial charge >= 0.3 is 0 Å². The number of piperidine rings is 1. The van der Waals surface area contributed by atoms with Gasteiger partial charge in [-0.1, -0.05) is 0 Å². The summed E-state index contributed by atoms with van der Waals surface area (Å²) in [6.45, 7) is 3.79. The second-order valence-electron chi connectivity index (χ2n) is 11.4. The number of nitrogens with one attached hydrogen (secondary N) is 1. The lowest BCUT2D eigenvalue weighted by Crippen LogP contribution is -2.56. The Morgan fingerprint density at radius 3 is 2.63 bits per heavy atom. The summed E-state index contributed by atoms with van der Waals surface area (Å²) in [5.74, 6) is -0.506. The van der Waals surface area contributed by atoms with Crippen molar-refractivity contribution in [3.05, 3.63) is 54.1 Å². The maximum absolute atomic E-state index is 15.2. The SMILES string of the molecule is N#Cc1cc(-c2ncnc(Nc3ccc(N4CCN(C5COC5)CC4)c(F)c3)n2)ccc1OC1CCN(C(=O)[C@@H](O)CO)C[C@@H]1F. The predicted octanol–water partition coefficient (Wildman–Crippen LogP) is 1.48. The Labute approximate surface area is 264 Å². The van der Waals surface area contributed by atoms with Gasteiger partial charge in [-0.05, 0) is 36.4 Å². The highest BCUT2D eigenvalue weighted by Crippen LogP contribution is 2.30. The van der Waals surface area contributed by atoms with E-state index in [4.69, 9.17) is 14.6 Å². The molecule has 2 aromatic carbocycles. The molecule has 3 N–H and O–H groups in total. The molecule has 46 heavy (non-hydrogen) atoms. The van der Waals surface area contributed by atoms with Crippen LogP contribution in [-0.4, -0.2) is 124 Å². The first-order valence-electron chi connectivity index (χ1n) is 15.1. The van der Waals surface area contributed by atoms with Crippen molar-refractivity contribution in [1.82, 2.24) is 24.8 Å². The molecule has 6 rings (SSSR count). The molecular weight excluding hydrogens is 602 g/mol. The number of amides is 1. The van der Waals surface area contributed by atoms with Crippen LogP contribution in [0.2, 0.25) is 0 Å². The molecule has 3 fully saturated rings. The van der Waals surface area contributed by atoms with E-state index in [0.717, 1.165) is 44.3 Å². The molecule has 3 aromatic rings. The number of carbonyl (C=O) groups excluding carboxylic acids is 1. The highest BCUT2D eigenvalue weighted by Gasteiger charge is 2.35. The number of alkyl halides is 1. The van der Waals surface area contributed by atoms with Crippen molar-refractivity contribution in [2.45, 2.75) is 30.8 Å². The molecule has 3 atom stereocenters. The molecule has 1 unspecified atom stereocenters. The fourth-order valence-electron chi connectivity index (χ4n) is 5.76. The van der Waals surface area contributed by atoms with Crippen LogP contribution in [0.25, 0.3) is 11.4 Å². The highest BCUT2D eigenvalue weighted by molar-refractivity contribution is 5.81. The number of nitriles is 1. The van der Waals surface area contributed by atoms with Crippen LogP contribution < -0.4 is 15.0 Å². The Kier molecular flexibility index (Phi) is 9.50. The quantitative estimate of drug-likeness (QED) is 0.311. The molecule has 0 aliphatic carbocycles. The van der Waals surface area contributed by atoms with E-state index in [2.05, 4.69) is 31.2 Å². The Balaban J connectivity index is 1.09. The summed E-state index contributed by atoms with van der Waals surface area (Å²) < 4.78 is 41.2. The molecule has 1 aromatic heterocycles. The second-order valence-corrected chi connectivity index (χ2v) is 11.4. The van der Waals surface area contributed by atoms with Gasteiger partial charge in [0, 0.05) is 50.4 Å². The first-order chi connectivity index (χ1) is 22.3. The number of hydrogen-bond acceptors (Lipinski definition) is 12. The number of anilines is 3. The van der Waals surface area contributed by atoms with Crippen molar-refractivity contribution in [2.75, 3.05) is 69.3 Å². The van der Waals surface area contributed by atoms with E-state index in [-0.39, 0.29) is 48.4 Å². The standard InChI is InChI=1S/C31H34F2N8O5/c32-23-12-21(2-3-25(23)40-9-7-39(8-10-40)22-16-45-17-22)37-31-36-18-35-29(38-31)19-1-4-27(20(11-19)13-34)46-28-5-6-41(14-24(28)33)30(44)26(43)15-42/h1-4,11-12,18,22,24,26,28,42-43H,5-10,14-17H2,(H,35,36,37,38)/t24-,26-,28?/m0/s1. The lowest BCUT2D eigenvalue weighted by atomic mass is 10.0. The zero-order valence-electron chi connectivity index (χ0n) is 24.9. The molecule has 0 spiro atoms. The van der Waals surface area contributed by atoms with Gasteiger partial charge in [-0.25, -0.2) is 18.7 Å². The van der Waals surface area contributed by atoms with Crippen molar-refractivity contribution in [3.63, 3.8) is 0 Å². The Bertz CT molecular complexity index is 1600. The molecule has 3 aliphatic heterocycles. The summed E-state index contributed by atoms with van der Waals surface area (Å²) in [5.41, 5.74) is 1.62. The number of halogens is 2. The monoisotopic (exact) mass is 636 g/mol. The number of carbonyl (C=O) groups is 1. The number of aliphatic hydroxyl groups excluding tert-OH is 2. The van der Waals surface area contributed by atoms with Gasteiger partial charge in [-0.2, -0.15) is 10.2 Å². The van der Waals surface area contributed by atoms with Crippen molar-refractivity contribution >= 4 is 23.2 Å². The molecule has 13 nitrogen and oxygen atoms in total. The second kappa shape index (κ2) is 13.9. The van der Waals surface area contributed by atoms with E-state index in [1.807, 2.05) is 4.90 Å². The van der Waals surface area contributed by atoms with Crippen molar-refractivity contribution in [1.29, 1.82) is 5.26 Å². The lowest BCUT2D eigenvalue weighted by molar-refractivity contribution is -0.146. The molecule has 0 saturated carbocycles. The number of aliphatic hydroxyl groups is 2. The van der Waals surface area contributed by atoms with Gasteiger partial charge in [-0.15, -0.1) is 0 Å². The van der Waals surface area contributed by atoms with Crippen LogP contribution >= 0.6 is 0 Å². The topological polar surface area (TPSA) is 160 Å². The number of nitrogens with zero attached hydrogens (tertiary/aromatic N) is 7. The van der Waals surface area contributed by atoms with E-state index < -0.39 is 30.9 Å². The summed E-state index contributed by atoms with van der Waals surface area (Å²) in [7, 11) is 0. The van der Waals surface area contributed by atoms with Gasteiger partial charge in [0.05, 0.1) is 43.7 Å². The molecule has 3 aliphatic rings. The Morgan fingerprint density at radius 1 is 1.15 bits per heavy atom. The Morgan fingerprint density at radius 2 is 1.96 bits per heavy atom. The molecule has 15 heteroatoms. The van der Waals surface area contributed by atoms with Crippen LogP contribution in [0, 0.1) is 17.1 Å². The number of likely N-dealkylation sites (tertiary alicyclic amines) is 1. The largest absolute Gasteiger partial charge is 0.486 e. The zero-order valence-corrected chi connectivity index (χ0v) is 24.9. The number of hydrogen-bond donors (Lipinski definition) is 3. The smallest absolute Gasteiger partial charge is 0.253 e. The van der Waals surface area contributed by atoms with Gasteiger partial charge in [0.1, 0.15) is 30.1 Å². The fraction of sp³-hybridized carbons (Fsp3) is 0.452. The zero-order chi connectivity index (χ0) is 32.2. The lowest BCUT2D eigenvalue weighted by Gasteiger charge is -2.43. The summed E-state index contributed by atoms with van der Waals surface area (Å²) in [4.78, 5) is 30.4. The van der Waals surface area contributed by atoms with Crippen molar-refractivity contribution in [2.24, 2.45) is 0 Å². The molecular formula is C31H34F2N8O5. The van der Waals surface area contributed by atoms with E-state index in [0.29, 0.717) is 23.0 Å². The number of benzene rings is 2. The Hall–Kier alpha value is -4.49. The summed E-state index contributed by atoms with van der Waals surface area (Å²) in [5, 5.41) is 31.4. The van der Waals surface area contributed by atoms with Crippen LogP contribution in [0.3, 0.4) is 0 Å². The van der Waals surface area contributed by atoms with Gasteiger partial charge in [0.2, 0.25) is 5.95 Å². The van der Waals surface area contributed by atoms with Gasteiger partial charge < -0.3 is 34.8 Å². The van der Waals surface area contributed by atoms with Crippen molar-refractivity contribution in [3.8, 4) is 23.2 Å². The summed E-state index contributed by atoms with van der Waals surface area (Å²) in [6, 6.07) is 12.1. The van der Waals surface area contributed by atoms with Gasteiger partial charge in [0.25, 0.3) is 5.91 Å². The fourth-order valence-corrected chi connectivity index (χ4v) is 5.76. The maximum atomic E-state index is 15.2. The molecule has 4 heterocycles. The highest BCUT2D eigenvalue weighted by atomic mass is 19.1. The number of aromatic nitrogens is 3. The van der Waals surface area contributed by atoms with E-state index >= 15 is 4.39 Å². The van der Waals surface area contributed by atoms with Crippen LogP contribution in [0.15, 0.2) is 42.7 Å². The molecule has 242 valence electrons. The molecule has 3 saturated heterocycles. The first kappa shape index (κ1) is 31.5. The average molecular weight is 637 g/mol. The molecule has 0 bridgehead atoms. The third-order valence-corrected chi connectivity index (χ3v) is 8.46. The third-order valence-electron chi connectivity index (χ3n) is 8.46. The maximum Gasteiger partial charge on any atom is 0.253 e. The molecule has 0 radical (unpaired) electrons. The van der Waals surface area contributed by atoms with Crippen molar-refractivity contribution < 1.29 is 33.3 Å². The van der Waals surface area contributed by atoms with Gasteiger partial charge in [0.15, 0.2) is 18.1 Å². The first-order valence-corrected chi connectivity index (χ1v) is 15.1. The third kappa shape index (κ3) is 6.85. The molecule has 1 amide bonds. The minimum atomic E-state index is -1.60. The number of rotatable bonds is 9. The predicted molar refractivity (Wildman–Crippen MR) is 162 cm³/mol. The minimum Gasteiger partial charge on any atom is -0.486 e. The summed E-state index contributed by atoms with van der Waals surface area (Å²) >= 11 is 0. The van der Waals surface area contributed by atoms with Crippen LogP contribution in [0.5, 0.6) is 5.75 Å². The van der Waals surface area contributed by atoms with Gasteiger partial charge in [-0.3, -0.25) is 9.69 Å². The number of piperazine rings is 1. The minimum absolute atomic E-state index is 0.127. The van der Waals surface area contributed by atoms with Crippen LogP contribution in [0.1, 0.15) is 12.0 Å². The van der Waals surface area contributed by atoms with E-state index in [1.165, 1.54) is 24.5 Å². The van der Waals surface area contributed by atoms with E-state index in [9.17, 15) is 19.6 Å². The normalized spacial score (nSPS) is 21.3. The van der Waals surface area contributed by atoms with Crippen LogP contribution in [0.4, 0.5) is 26.1 Å². The summed E-state index contributed by atoms with van der Waals surface area (Å²) in [6.07, 6.45) is -2.65. The van der Waals surface area contributed by atoms with Crippen LogP contribution in [-0.2, 0) is 9.53 Å². The average Bonchev–Trinajstić information content (AvgIpc) is 3.05.